The fourth-order valence-electron chi connectivity index (χ4n) is 1.60. The molecule has 0 radical (unpaired) electrons. The standard InChI is InChI=1S/C14H14N4O/c1-19-8-7-16-14-12(9-15)10-17-13(18-14)11-5-3-2-4-6-11/h2-6,10H,7-8H2,1H3,(H,16,17,18). The lowest BCUT2D eigenvalue weighted by Gasteiger charge is -2.08. The number of hydrogen-bond acceptors (Lipinski definition) is 5. The first-order valence-electron chi connectivity index (χ1n) is 5.90. The molecular weight excluding hydrogens is 240 g/mol. The molecule has 2 aromatic rings. The molecule has 0 saturated carbocycles. The quantitative estimate of drug-likeness (QED) is 0.827. The summed E-state index contributed by atoms with van der Waals surface area (Å²) in [5, 5.41) is 12.1. The van der Waals surface area contributed by atoms with Crippen molar-refractivity contribution in [2.24, 2.45) is 0 Å². The minimum Gasteiger partial charge on any atom is -0.383 e. The Bertz CT molecular complexity index is 578. The van der Waals surface area contributed by atoms with Crippen LogP contribution in [0.4, 0.5) is 5.82 Å². The van der Waals surface area contributed by atoms with E-state index in [4.69, 9.17) is 10.00 Å². The Kier molecular flexibility index (Phi) is 4.43. The molecule has 1 aromatic heterocycles. The van der Waals surface area contributed by atoms with Gasteiger partial charge in [-0.2, -0.15) is 5.26 Å². The summed E-state index contributed by atoms with van der Waals surface area (Å²) < 4.78 is 4.96. The average Bonchev–Trinajstić information content (AvgIpc) is 2.48. The molecule has 0 atom stereocenters. The van der Waals surface area contributed by atoms with Crippen molar-refractivity contribution in [1.29, 1.82) is 5.26 Å². The van der Waals surface area contributed by atoms with Crippen LogP contribution in [0.2, 0.25) is 0 Å². The molecule has 2 rings (SSSR count). The van der Waals surface area contributed by atoms with Crippen molar-refractivity contribution >= 4 is 5.82 Å². The minimum atomic E-state index is 0.427. The number of nitriles is 1. The van der Waals surface area contributed by atoms with Gasteiger partial charge in [-0.1, -0.05) is 30.3 Å². The third kappa shape index (κ3) is 3.27. The summed E-state index contributed by atoms with van der Waals surface area (Å²) in [6, 6.07) is 11.7. The van der Waals surface area contributed by atoms with Gasteiger partial charge in [0.25, 0.3) is 0 Å². The van der Waals surface area contributed by atoms with E-state index in [0.29, 0.717) is 30.4 Å². The number of benzene rings is 1. The molecule has 0 bridgehead atoms. The van der Waals surface area contributed by atoms with Crippen molar-refractivity contribution in [3.05, 3.63) is 42.1 Å². The minimum absolute atomic E-state index is 0.427. The maximum atomic E-state index is 9.04. The number of anilines is 1. The lowest BCUT2D eigenvalue weighted by molar-refractivity contribution is 0.210. The molecule has 0 spiro atoms. The van der Waals surface area contributed by atoms with Gasteiger partial charge < -0.3 is 10.1 Å². The number of rotatable bonds is 5. The SMILES string of the molecule is COCCNc1nc(-c2ccccc2)ncc1C#N. The van der Waals surface area contributed by atoms with Crippen LogP contribution in [-0.2, 0) is 4.74 Å². The van der Waals surface area contributed by atoms with Gasteiger partial charge in [0.2, 0.25) is 0 Å². The molecule has 0 amide bonds. The van der Waals surface area contributed by atoms with E-state index in [2.05, 4.69) is 21.4 Å². The van der Waals surface area contributed by atoms with Crippen LogP contribution in [0.15, 0.2) is 36.5 Å². The zero-order valence-electron chi connectivity index (χ0n) is 10.6. The smallest absolute Gasteiger partial charge is 0.161 e. The molecule has 0 unspecified atom stereocenters. The third-order valence-electron chi connectivity index (χ3n) is 2.54. The van der Waals surface area contributed by atoms with E-state index in [1.165, 1.54) is 6.20 Å². The molecule has 19 heavy (non-hydrogen) atoms. The number of hydrogen-bond donors (Lipinski definition) is 1. The summed E-state index contributed by atoms with van der Waals surface area (Å²) in [5.41, 5.74) is 1.34. The number of ether oxygens (including phenoxy) is 1. The van der Waals surface area contributed by atoms with Crippen LogP contribution in [0, 0.1) is 11.3 Å². The highest BCUT2D eigenvalue weighted by Crippen LogP contribution is 2.18. The molecule has 0 aliphatic carbocycles. The van der Waals surface area contributed by atoms with Crippen molar-refractivity contribution in [2.45, 2.75) is 0 Å². The highest BCUT2D eigenvalue weighted by molar-refractivity contribution is 5.60. The van der Waals surface area contributed by atoms with Crippen LogP contribution in [-0.4, -0.2) is 30.2 Å². The van der Waals surface area contributed by atoms with Gasteiger partial charge in [0.1, 0.15) is 17.5 Å². The van der Waals surface area contributed by atoms with Crippen LogP contribution in [0.5, 0.6) is 0 Å². The Morgan fingerprint density at radius 2 is 2.11 bits per heavy atom. The Balaban J connectivity index is 2.28. The second kappa shape index (κ2) is 6.47. The van der Waals surface area contributed by atoms with Gasteiger partial charge in [0.15, 0.2) is 5.82 Å². The monoisotopic (exact) mass is 254 g/mol. The van der Waals surface area contributed by atoms with Crippen LogP contribution in [0.3, 0.4) is 0 Å². The van der Waals surface area contributed by atoms with Gasteiger partial charge in [0.05, 0.1) is 12.8 Å². The maximum Gasteiger partial charge on any atom is 0.161 e. The molecule has 0 aliphatic heterocycles. The first-order valence-corrected chi connectivity index (χ1v) is 5.90. The molecular formula is C14H14N4O. The van der Waals surface area contributed by atoms with Gasteiger partial charge in [-0.3, -0.25) is 0 Å². The summed E-state index contributed by atoms with van der Waals surface area (Å²) in [7, 11) is 1.63. The number of aromatic nitrogens is 2. The summed E-state index contributed by atoms with van der Waals surface area (Å²) in [4.78, 5) is 8.59. The Labute approximate surface area is 111 Å². The number of nitrogens with one attached hydrogen (secondary N) is 1. The molecule has 5 heteroatoms. The van der Waals surface area contributed by atoms with Gasteiger partial charge in [-0.25, -0.2) is 9.97 Å². The topological polar surface area (TPSA) is 70.8 Å². The fourth-order valence-corrected chi connectivity index (χ4v) is 1.60. The number of methoxy groups -OCH3 is 1. The summed E-state index contributed by atoms with van der Waals surface area (Å²) in [6.07, 6.45) is 1.53. The lowest BCUT2D eigenvalue weighted by Crippen LogP contribution is -2.11. The van der Waals surface area contributed by atoms with Crippen LogP contribution in [0.1, 0.15) is 5.56 Å². The summed E-state index contributed by atoms with van der Waals surface area (Å²) >= 11 is 0. The molecule has 1 aromatic carbocycles. The molecule has 1 N–H and O–H groups in total. The van der Waals surface area contributed by atoms with Gasteiger partial charge in [-0.15, -0.1) is 0 Å². The van der Waals surface area contributed by atoms with Gasteiger partial charge in [-0.05, 0) is 0 Å². The van der Waals surface area contributed by atoms with E-state index < -0.39 is 0 Å². The Morgan fingerprint density at radius 1 is 1.32 bits per heavy atom. The van der Waals surface area contributed by atoms with E-state index in [0.717, 1.165) is 5.56 Å². The fraction of sp³-hybridized carbons (Fsp3) is 0.214. The lowest BCUT2D eigenvalue weighted by atomic mass is 10.2. The van der Waals surface area contributed by atoms with E-state index >= 15 is 0 Å². The Hall–Kier alpha value is -2.45. The maximum absolute atomic E-state index is 9.04. The third-order valence-corrected chi connectivity index (χ3v) is 2.54. The summed E-state index contributed by atoms with van der Waals surface area (Å²) in [6.45, 7) is 1.14. The van der Waals surface area contributed by atoms with E-state index in [1.54, 1.807) is 7.11 Å². The zero-order chi connectivity index (χ0) is 13.5. The van der Waals surface area contributed by atoms with Crippen molar-refractivity contribution in [2.75, 3.05) is 25.6 Å². The van der Waals surface area contributed by atoms with E-state index in [-0.39, 0.29) is 0 Å². The second-order valence-corrected chi connectivity index (χ2v) is 3.85. The molecule has 0 saturated heterocycles. The summed E-state index contributed by atoms with van der Waals surface area (Å²) in [5.74, 6) is 1.13. The van der Waals surface area contributed by atoms with Crippen molar-refractivity contribution in [3.8, 4) is 17.5 Å². The normalized spacial score (nSPS) is 9.89. The van der Waals surface area contributed by atoms with Crippen LogP contribution in [0.25, 0.3) is 11.4 Å². The molecule has 0 fully saturated rings. The van der Waals surface area contributed by atoms with Crippen LogP contribution < -0.4 is 5.32 Å². The second-order valence-electron chi connectivity index (χ2n) is 3.85. The molecule has 5 nitrogen and oxygen atoms in total. The van der Waals surface area contributed by atoms with E-state index in [1.807, 2.05) is 30.3 Å². The first kappa shape index (κ1) is 13.0. The predicted molar refractivity (Wildman–Crippen MR) is 72.5 cm³/mol. The van der Waals surface area contributed by atoms with Crippen LogP contribution >= 0.6 is 0 Å². The predicted octanol–water partition coefficient (Wildman–Crippen LogP) is 2.07. The van der Waals surface area contributed by atoms with Crippen molar-refractivity contribution < 1.29 is 4.74 Å². The Morgan fingerprint density at radius 3 is 2.79 bits per heavy atom. The largest absolute Gasteiger partial charge is 0.383 e. The van der Waals surface area contributed by atoms with Gasteiger partial charge >= 0.3 is 0 Å². The van der Waals surface area contributed by atoms with E-state index in [9.17, 15) is 0 Å². The first-order chi connectivity index (χ1) is 9.35. The molecule has 1 heterocycles. The zero-order valence-corrected chi connectivity index (χ0v) is 10.6. The highest BCUT2D eigenvalue weighted by Gasteiger charge is 2.07. The molecule has 96 valence electrons. The average molecular weight is 254 g/mol. The van der Waals surface area contributed by atoms with Crippen molar-refractivity contribution in [3.63, 3.8) is 0 Å². The highest BCUT2D eigenvalue weighted by atomic mass is 16.5. The van der Waals surface area contributed by atoms with Crippen molar-refractivity contribution in [1.82, 2.24) is 9.97 Å². The number of nitrogens with zero attached hydrogens (tertiary/aromatic N) is 3. The molecule has 0 aliphatic rings. The van der Waals surface area contributed by atoms with Gasteiger partial charge in [0, 0.05) is 19.2 Å².